The average molecular weight is 304 g/mol. The largest absolute Gasteiger partial charge is 0.0885 e. The van der Waals surface area contributed by atoms with Gasteiger partial charge in [-0.15, -0.1) is 0 Å². The molecule has 0 saturated carbocycles. The maximum absolute atomic E-state index is 2.38. The van der Waals surface area contributed by atoms with Crippen LogP contribution in [0.4, 0.5) is 0 Å². The molecule has 2 aromatic carbocycles. The molecule has 0 radical (unpaired) electrons. The number of rotatable bonds is 7. The Morgan fingerprint density at radius 2 is 1.87 bits per heavy atom. The number of allylic oxidation sites excluding steroid dienone is 3. The van der Waals surface area contributed by atoms with Crippen LogP contribution >= 0.6 is 0 Å². The summed E-state index contributed by atoms with van der Waals surface area (Å²) in [5, 5.41) is 0. The fraction of sp³-hybridized carbons (Fsp3) is 0.304. The first-order valence-electron chi connectivity index (χ1n) is 8.89. The highest BCUT2D eigenvalue weighted by Crippen LogP contribution is 2.31. The second kappa shape index (κ2) is 7.97. The lowest BCUT2D eigenvalue weighted by molar-refractivity contribution is 0.836. The molecule has 0 N–H and O–H groups in total. The van der Waals surface area contributed by atoms with Crippen LogP contribution in [-0.2, 0) is 12.8 Å². The molecule has 0 fully saturated rings. The van der Waals surface area contributed by atoms with Crippen LogP contribution < -0.4 is 0 Å². The number of aryl methyl sites for hydroxylation is 1. The van der Waals surface area contributed by atoms with Crippen molar-refractivity contribution in [3.63, 3.8) is 0 Å². The molecule has 0 amide bonds. The summed E-state index contributed by atoms with van der Waals surface area (Å²) in [6, 6.07) is 17.8. The van der Waals surface area contributed by atoms with Gasteiger partial charge in [-0.25, -0.2) is 0 Å². The van der Waals surface area contributed by atoms with E-state index in [4.69, 9.17) is 0 Å². The summed E-state index contributed by atoms with van der Waals surface area (Å²) in [5.41, 5.74) is 7.14. The van der Waals surface area contributed by atoms with Gasteiger partial charge in [0.25, 0.3) is 0 Å². The van der Waals surface area contributed by atoms with Gasteiger partial charge in [0.2, 0.25) is 0 Å². The quantitative estimate of drug-likeness (QED) is 0.394. The highest BCUT2D eigenvalue weighted by Gasteiger charge is 2.13. The average Bonchev–Trinajstić information content (AvgIpc) is 3.02. The Kier molecular flexibility index (Phi) is 5.47. The molecule has 120 valence electrons. The zero-order valence-corrected chi connectivity index (χ0v) is 14.1. The van der Waals surface area contributed by atoms with E-state index in [1.54, 1.807) is 0 Å². The van der Waals surface area contributed by atoms with Crippen molar-refractivity contribution in [1.29, 1.82) is 0 Å². The molecule has 1 aliphatic rings. The molecule has 2 aromatic rings. The van der Waals surface area contributed by atoms with Crippen molar-refractivity contribution in [3.8, 4) is 0 Å². The van der Waals surface area contributed by atoms with E-state index < -0.39 is 0 Å². The Morgan fingerprint density at radius 3 is 2.74 bits per heavy atom. The van der Waals surface area contributed by atoms with E-state index in [1.807, 2.05) is 0 Å². The van der Waals surface area contributed by atoms with Crippen LogP contribution in [0.2, 0.25) is 0 Å². The molecule has 0 aromatic heterocycles. The molecule has 0 bridgehead atoms. The monoisotopic (exact) mass is 304 g/mol. The highest BCUT2D eigenvalue weighted by atomic mass is 14.2. The highest BCUT2D eigenvalue weighted by molar-refractivity contribution is 5.88. The third kappa shape index (κ3) is 4.22. The van der Waals surface area contributed by atoms with Gasteiger partial charge >= 0.3 is 0 Å². The van der Waals surface area contributed by atoms with Gasteiger partial charge in [-0.1, -0.05) is 80.1 Å². The molecule has 0 nitrogen and oxygen atoms in total. The number of benzene rings is 2. The van der Waals surface area contributed by atoms with Gasteiger partial charge in [0.05, 0.1) is 0 Å². The standard InChI is InChI=1S/C23H26.H2/c1-2-3-4-5-6-7-11-19-12-10-15-20(16-19)23-17-21-13-8-9-14-22(21)18-23;/h4-5,8-10,12-17H,2-3,6-7,11,18H2,1H3;1H/b5-4-;. The predicted molar refractivity (Wildman–Crippen MR) is 104 cm³/mol. The molecule has 3 rings (SSSR count). The zero-order valence-electron chi connectivity index (χ0n) is 14.1. The second-order valence-electron chi connectivity index (χ2n) is 6.40. The summed E-state index contributed by atoms with van der Waals surface area (Å²) < 4.78 is 0. The van der Waals surface area contributed by atoms with E-state index in [0.717, 1.165) is 6.42 Å². The van der Waals surface area contributed by atoms with Gasteiger partial charge in [0.1, 0.15) is 0 Å². The molecular formula is C23H28. The van der Waals surface area contributed by atoms with Gasteiger partial charge < -0.3 is 0 Å². The van der Waals surface area contributed by atoms with Crippen LogP contribution in [0.3, 0.4) is 0 Å². The van der Waals surface area contributed by atoms with E-state index in [2.05, 4.69) is 73.7 Å². The first-order chi connectivity index (χ1) is 11.4. The van der Waals surface area contributed by atoms with Gasteiger partial charge in [0, 0.05) is 1.43 Å². The molecule has 23 heavy (non-hydrogen) atoms. The van der Waals surface area contributed by atoms with Crippen molar-refractivity contribution in [2.24, 2.45) is 0 Å². The van der Waals surface area contributed by atoms with Crippen molar-refractivity contribution >= 4 is 11.6 Å². The lowest BCUT2D eigenvalue weighted by Gasteiger charge is -2.06. The summed E-state index contributed by atoms with van der Waals surface area (Å²) in [7, 11) is 0. The number of fused-ring (bicyclic) bond motifs is 1. The van der Waals surface area contributed by atoms with Gasteiger partial charge in [-0.2, -0.15) is 0 Å². The van der Waals surface area contributed by atoms with Crippen molar-refractivity contribution < 1.29 is 1.43 Å². The van der Waals surface area contributed by atoms with Crippen LogP contribution in [0.15, 0.2) is 60.7 Å². The minimum absolute atomic E-state index is 0. The number of hydrogen-bond donors (Lipinski definition) is 0. The van der Waals surface area contributed by atoms with Crippen molar-refractivity contribution in [3.05, 3.63) is 82.9 Å². The Balaban J connectivity index is 0.00000208. The fourth-order valence-corrected chi connectivity index (χ4v) is 3.22. The van der Waals surface area contributed by atoms with Crippen LogP contribution in [0.25, 0.3) is 11.6 Å². The molecule has 0 atom stereocenters. The van der Waals surface area contributed by atoms with E-state index in [9.17, 15) is 0 Å². The number of hydrogen-bond acceptors (Lipinski definition) is 0. The smallest absolute Gasteiger partial charge is 0 e. The summed E-state index contributed by atoms with van der Waals surface area (Å²) in [6.45, 7) is 2.23. The molecule has 0 unspecified atom stereocenters. The maximum Gasteiger partial charge on any atom is 0 e. The minimum Gasteiger partial charge on any atom is -0.0885 e. The minimum atomic E-state index is 0. The Bertz CT molecular complexity index is 709. The lowest BCUT2D eigenvalue weighted by atomic mass is 9.99. The Morgan fingerprint density at radius 1 is 1.00 bits per heavy atom. The second-order valence-corrected chi connectivity index (χ2v) is 6.40. The Labute approximate surface area is 142 Å². The van der Waals surface area contributed by atoms with Gasteiger partial charge in [-0.3, -0.25) is 0 Å². The maximum atomic E-state index is 2.38. The SMILES string of the molecule is CCC/C=C\CCCc1cccc(C2=Cc3ccccc3C2)c1.[HH]. The molecule has 0 heterocycles. The molecule has 0 heteroatoms. The van der Waals surface area contributed by atoms with Crippen LogP contribution in [0.5, 0.6) is 0 Å². The molecule has 0 saturated heterocycles. The van der Waals surface area contributed by atoms with E-state index >= 15 is 0 Å². The zero-order chi connectivity index (χ0) is 15.9. The van der Waals surface area contributed by atoms with Crippen LogP contribution in [0.1, 0.15) is 56.3 Å². The first-order valence-corrected chi connectivity index (χ1v) is 8.89. The van der Waals surface area contributed by atoms with Gasteiger partial charge in [0.15, 0.2) is 0 Å². The summed E-state index contributed by atoms with van der Waals surface area (Å²) >= 11 is 0. The lowest BCUT2D eigenvalue weighted by Crippen LogP contribution is -1.90. The summed E-state index contributed by atoms with van der Waals surface area (Å²) in [4.78, 5) is 0. The van der Waals surface area contributed by atoms with Crippen LogP contribution in [-0.4, -0.2) is 0 Å². The number of unbranched alkanes of at least 4 members (excludes halogenated alkanes) is 2. The van der Waals surface area contributed by atoms with Crippen molar-refractivity contribution in [2.45, 2.75) is 45.4 Å². The van der Waals surface area contributed by atoms with Gasteiger partial charge in [-0.05, 0) is 59.9 Å². The Hall–Kier alpha value is -2.08. The molecular weight excluding hydrogens is 276 g/mol. The van der Waals surface area contributed by atoms with E-state index in [1.165, 1.54) is 59.9 Å². The van der Waals surface area contributed by atoms with E-state index in [-0.39, 0.29) is 1.43 Å². The van der Waals surface area contributed by atoms with Crippen molar-refractivity contribution in [2.75, 3.05) is 0 Å². The topological polar surface area (TPSA) is 0 Å². The third-order valence-electron chi connectivity index (χ3n) is 4.52. The summed E-state index contributed by atoms with van der Waals surface area (Å²) in [5.74, 6) is 0. The first kappa shape index (κ1) is 15.8. The van der Waals surface area contributed by atoms with Crippen LogP contribution in [0, 0.1) is 0 Å². The van der Waals surface area contributed by atoms with E-state index in [0.29, 0.717) is 0 Å². The molecule has 1 aliphatic carbocycles. The predicted octanol–water partition coefficient (Wildman–Crippen LogP) is 6.71. The molecule has 0 aliphatic heterocycles. The molecule has 0 spiro atoms. The third-order valence-corrected chi connectivity index (χ3v) is 4.52. The van der Waals surface area contributed by atoms with Crippen molar-refractivity contribution in [1.82, 2.24) is 0 Å². The normalized spacial score (nSPS) is 13.3. The fourth-order valence-electron chi connectivity index (χ4n) is 3.22. The summed E-state index contributed by atoms with van der Waals surface area (Å²) in [6.07, 6.45) is 14.1.